The van der Waals surface area contributed by atoms with Gasteiger partial charge in [0.25, 0.3) is 0 Å². The zero-order valence-electron chi connectivity index (χ0n) is 13.7. The minimum absolute atomic E-state index is 0.0677. The van der Waals surface area contributed by atoms with Gasteiger partial charge in [0.15, 0.2) is 0 Å². The van der Waals surface area contributed by atoms with Crippen LogP contribution in [0, 0.1) is 6.92 Å². The number of fused-ring (bicyclic) bond motifs is 1. The zero-order valence-corrected chi connectivity index (χ0v) is 13.7. The highest BCUT2D eigenvalue weighted by Crippen LogP contribution is 2.32. The van der Waals surface area contributed by atoms with Crippen molar-refractivity contribution in [2.75, 3.05) is 22.9 Å². The maximum absolute atomic E-state index is 12.4. The fraction of sp³-hybridized carbons (Fsp3) is 0.389. The largest absolute Gasteiger partial charge is 0.358 e. The number of aromatic nitrogens is 2. The first kappa shape index (κ1) is 14.9. The minimum Gasteiger partial charge on any atom is -0.358 e. The van der Waals surface area contributed by atoms with E-state index in [1.54, 1.807) is 12.3 Å². The van der Waals surface area contributed by atoms with Crippen molar-refractivity contribution in [3.05, 3.63) is 52.1 Å². The molecular weight excluding hydrogens is 304 g/mol. The van der Waals surface area contributed by atoms with Crippen LogP contribution in [-0.2, 0) is 11.2 Å². The molecule has 2 aromatic rings. The summed E-state index contributed by atoms with van der Waals surface area (Å²) in [6, 6.07) is 7.68. The third-order valence-corrected chi connectivity index (χ3v) is 4.86. The molecule has 0 aromatic carbocycles. The van der Waals surface area contributed by atoms with Crippen molar-refractivity contribution in [1.29, 1.82) is 0 Å². The molecule has 1 amide bonds. The average molecular weight is 324 g/mol. The topological polar surface area (TPSA) is 69.3 Å². The second kappa shape index (κ2) is 5.78. The smallest absolute Gasteiger partial charge is 0.249 e. The second-order valence-corrected chi connectivity index (χ2v) is 6.54. The first-order valence-electron chi connectivity index (χ1n) is 8.34. The van der Waals surface area contributed by atoms with Crippen molar-refractivity contribution in [3.8, 4) is 0 Å². The van der Waals surface area contributed by atoms with Gasteiger partial charge in [-0.1, -0.05) is 0 Å². The van der Waals surface area contributed by atoms with Gasteiger partial charge in [-0.25, -0.2) is 0 Å². The van der Waals surface area contributed by atoms with E-state index >= 15 is 0 Å². The molecule has 0 atom stereocenters. The SMILES string of the molecule is Cc1cc(N2CCC(N3C(=O)Cc4ncccc43)CC2)[nH]c(=O)c1. The van der Waals surface area contributed by atoms with E-state index in [1.165, 1.54) is 0 Å². The van der Waals surface area contributed by atoms with Crippen molar-refractivity contribution in [3.63, 3.8) is 0 Å². The third kappa shape index (κ3) is 2.58. The number of H-pyrrole nitrogens is 1. The number of carbonyl (C=O) groups excluding carboxylic acids is 1. The van der Waals surface area contributed by atoms with Crippen LogP contribution in [0.5, 0.6) is 0 Å². The number of piperidine rings is 1. The summed E-state index contributed by atoms with van der Waals surface area (Å²) >= 11 is 0. The van der Waals surface area contributed by atoms with Gasteiger partial charge in [0.1, 0.15) is 5.82 Å². The van der Waals surface area contributed by atoms with Gasteiger partial charge >= 0.3 is 0 Å². The van der Waals surface area contributed by atoms with E-state index in [4.69, 9.17) is 0 Å². The number of anilines is 2. The third-order valence-electron chi connectivity index (χ3n) is 4.86. The first-order chi connectivity index (χ1) is 11.6. The number of nitrogens with zero attached hydrogens (tertiary/aromatic N) is 3. The summed E-state index contributed by atoms with van der Waals surface area (Å²) in [6.45, 7) is 3.57. The second-order valence-electron chi connectivity index (χ2n) is 6.54. The highest BCUT2D eigenvalue weighted by Gasteiger charge is 2.35. The van der Waals surface area contributed by atoms with Crippen molar-refractivity contribution in [2.45, 2.75) is 32.2 Å². The fourth-order valence-electron chi connectivity index (χ4n) is 3.75. The van der Waals surface area contributed by atoms with E-state index in [0.29, 0.717) is 6.42 Å². The molecule has 0 saturated carbocycles. The van der Waals surface area contributed by atoms with Gasteiger partial charge in [0, 0.05) is 31.4 Å². The van der Waals surface area contributed by atoms with Gasteiger partial charge in [0.2, 0.25) is 11.5 Å². The molecule has 2 aromatic heterocycles. The number of nitrogens with one attached hydrogen (secondary N) is 1. The molecule has 0 unspecified atom stereocenters. The van der Waals surface area contributed by atoms with Gasteiger partial charge in [0.05, 0.1) is 17.8 Å². The van der Waals surface area contributed by atoms with Crippen LogP contribution in [0.25, 0.3) is 0 Å². The van der Waals surface area contributed by atoms with E-state index in [2.05, 4.69) is 14.9 Å². The highest BCUT2D eigenvalue weighted by molar-refractivity contribution is 6.01. The summed E-state index contributed by atoms with van der Waals surface area (Å²) < 4.78 is 0. The number of hydrogen-bond donors (Lipinski definition) is 1. The Morgan fingerprint density at radius 2 is 2.00 bits per heavy atom. The van der Waals surface area contributed by atoms with Crippen molar-refractivity contribution < 1.29 is 4.79 Å². The molecule has 1 fully saturated rings. The van der Waals surface area contributed by atoms with Crippen LogP contribution in [-0.4, -0.2) is 35.0 Å². The lowest BCUT2D eigenvalue weighted by molar-refractivity contribution is -0.117. The Morgan fingerprint density at radius 1 is 1.21 bits per heavy atom. The lowest BCUT2D eigenvalue weighted by Gasteiger charge is -2.37. The van der Waals surface area contributed by atoms with E-state index in [-0.39, 0.29) is 17.5 Å². The van der Waals surface area contributed by atoms with Crippen LogP contribution in [0.15, 0.2) is 35.3 Å². The summed E-state index contributed by atoms with van der Waals surface area (Å²) in [5.41, 5.74) is 2.74. The number of carbonyl (C=O) groups is 1. The van der Waals surface area contributed by atoms with Crippen molar-refractivity contribution in [1.82, 2.24) is 9.97 Å². The van der Waals surface area contributed by atoms with Gasteiger partial charge < -0.3 is 14.8 Å². The molecule has 0 radical (unpaired) electrons. The summed E-state index contributed by atoms with van der Waals surface area (Å²) in [4.78, 5) is 35.4. The molecule has 0 bridgehead atoms. The molecule has 2 aliphatic heterocycles. The van der Waals surface area contributed by atoms with Crippen LogP contribution in [0.2, 0.25) is 0 Å². The van der Waals surface area contributed by atoms with Gasteiger partial charge in [-0.2, -0.15) is 0 Å². The lowest BCUT2D eigenvalue weighted by Crippen LogP contribution is -2.46. The standard InChI is InChI=1S/C18H20N4O2/c1-12-9-16(20-17(23)10-12)21-7-4-13(5-8-21)22-15-3-2-6-19-14(15)11-18(22)24/h2-3,6,9-10,13H,4-5,7-8,11H2,1H3,(H,20,23). The zero-order chi connectivity index (χ0) is 16.7. The van der Waals surface area contributed by atoms with Crippen molar-refractivity contribution in [2.24, 2.45) is 0 Å². The van der Waals surface area contributed by atoms with E-state index < -0.39 is 0 Å². The molecule has 1 saturated heterocycles. The Balaban J connectivity index is 1.50. The maximum atomic E-state index is 12.4. The van der Waals surface area contributed by atoms with Crippen LogP contribution in [0.4, 0.5) is 11.5 Å². The van der Waals surface area contributed by atoms with Crippen LogP contribution in [0.1, 0.15) is 24.1 Å². The molecule has 24 heavy (non-hydrogen) atoms. The molecular formula is C18H20N4O2. The number of amides is 1. The predicted molar refractivity (Wildman–Crippen MR) is 92.5 cm³/mol. The predicted octanol–water partition coefficient (Wildman–Crippen LogP) is 1.64. The van der Waals surface area contributed by atoms with Gasteiger partial charge in [-0.3, -0.25) is 14.6 Å². The Morgan fingerprint density at radius 3 is 2.75 bits per heavy atom. The molecule has 1 N–H and O–H groups in total. The van der Waals surface area contributed by atoms with Gasteiger partial charge in [-0.15, -0.1) is 0 Å². The number of rotatable bonds is 2. The number of aryl methyl sites for hydroxylation is 1. The molecule has 4 rings (SSSR count). The molecule has 6 heteroatoms. The molecule has 4 heterocycles. The van der Waals surface area contributed by atoms with Crippen molar-refractivity contribution >= 4 is 17.4 Å². The molecule has 0 spiro atoms. The maximum Gasteiger partial charge on any atom is 0.249 e. The monoisotopic (exact) mass is 324 g/mol. The Bertz CT molecular complexity index is 837. The highest BCUT2D eigenvalue weighted by atomic mass is 16.2. The number of hydrogen-bond acceptors (Lipinski definition) is 4. The summed E-state index contributed by atoms with van der Waals surface area (Å²) in [7, 11) is 0. The Hall–Kier alpha value is -2.63. The van der Waals surface area contributed by atoms with Gasteiger partial charge in [-0.05, 0) is 43.5 Å². The summed E-state index contributed by atoms with van der Waals surface area (Å²) in [5.74, 6) is 1.01. The normalized spacial score (nSPS) is 18.1. The molecule has 6 nitrogen and oxygen atoms in total. The molecule has 2 aliphatic rings. The summed E-state index contributed by atoms with van der Waals surface area (Å²) in [5, 5.41) is 0. The van der Waals surface area contributed by atoms with Crippen LogP contribution >= 0.6 is 0 Å². The summed E-state index contributed by atoms with van der Waals surface area (Å²) in [6.07, 6.45) is 3.92. The first-order valence-corrected chi connectivity index (χ1v) is 8.34. The molecule has 0 aliphatic carbocycles. The quantitative estimate of drug-likeness (QED) is 0.912. The van der Waals surface area contributed by atoms with Crippen LogP contribution < -0.4 is 15.4 Å². The lowest BCUT2D eigenvalue weighted by atomic mass is 10.0. The van der Waals surface area contributed by atoms with E-state index in [0.717, 1.165) is 48.7 Å². The molecule has 124 valence electrons. The Kier molecular flexibility index (Phi) is 3.59. The Labute approximate surface area is 140 Å². The fourth-order valence-corrected chi connectivity index (χ4v) is 3.75. The number of aromatic amines is 1. The average Bonchev–Trinajstić information content (AvgIpc) is 2.90. The van der Waals surface area contributed by atoms with E-state index in [9.17, 15) is 9.59 Å². The van der Waals surface area contributed by atoms with E-state index in [1.807, 2.05) is 30.0 Å². The number of pyridine rings is 2. The van der Waals surface area contributed by atoms with Crippen LogP contribution in [0.3, 0.4) is 0 Å². The minimum atomic E-state index is -0.0677.